The number of benzene rings is 3. The average Bonchev–Trinajstić information content (AvgIpc) is 3.24. The molecule has 12 heteroatoms. The Morgan fingerprint density at radius 3 is 2.57 bits per heavy atom. The number of ether oxygens (including phenoxy) is 4. The molecule has 3 heterocycles. The van der Waals surface area contributed by atoms with E-state index in [0.29, 0.717) is 37.2 Å². The minimum Gasteiger partial charge on any atom is -0.496 e. The monoisotopic (exact) mass is 644 g/mol. The maximum atomic E-state index is 13.9. The van der Waals surface area contributed by atoms with Crippen molar-refractivity contribution in [3.05, 3.63) is 106 Å². The van der Waals surface area contributed by atoms with Crippen molar-refractivity contribution in [2.24, 2.45) is 10.9 Å². The SMILES string of the molecule is COC(=O)[C@@H]1[C@H]2c3ccccc3O[C@]1(C)N=c1s/c(=C/c3ccc(OC)c(COc4c(Cl)cc(Cl)cc4Cl)c3)c(=O)n12. The average molecular weight is 646 g/mol. The Balaban J connectivity index is 1.43. The number of nitrogens with zero attached hydrogens (tertiary/aromatic N) is 2. The number of carbonyl (C=O) groups excluding carboxylic acids is 1. The molecule has 1 aromatic heterocycles. The quantitative estimate of drug-likeness (QED) is 0.261. The van der Waals surface area contributed by atoms with Crippen molar-refractivity contribution in [2.75, 3.05) is 14.2 Å². The molecule has 216 valence electrons. The van der Waals surface area contributed by atoms with Crippen LogP contribution in [0.1, 0.15) is 29.7 Å². The second kappa shape index (κ2) is 11.0. The lowest BCUT2D eigenvalue weighted by Gasteiger charge is -2.44. The van der Waals surface area contributed by atoms with E-state index >= 15 is 0 Å². The summed E-state index contributed by atoms with van der Waals surface area (Å²) in [6.45, 7) is 1.83. The summed E-state index contributed by atoms with van der Waals surface area (Å²) in [5.74, 6) is 0.107. The molecule has 8 nitrogen and oxygen atoms in total. The summed E-state index contributed by atoms with van der Waals surface area (Å²) < 4.78 is 24.8. The molecule has 6 rings (SSSR count). The van der Waals surface area contributed by atoms with Gasteiger partial charge in [0.25, 0.3) is 5.56 Å². The van der Waals surface area contributed by atoms with Crippen molar-refractivity contribution >= 4 is 58.2 Å². The number of hydrogen-bond acceptors (Lipinski definition) is 8. The predicted octanol–water partition coefficient (Wildman–Crippen LogP) is 5.41. The van der Waals surface area contributed by atoms with Crippen molar-refractivity contribution in [1.82, 2.24) is 4.57 Å². The first-order valence-corrected chi connectivity index (χ1v) is 14.7. The highest BCUT2D eigenvalue weighted by Gasteiger charge is 2.55. The Morgan fingerprint density at radius 2 is 1.86 bits per heavy atom. The molecule has 0 saturated carbocycles. The van der Waals surface area contributed by atoms with E-state index in [2.05, 4.69) is 0 Å². The maximum absolute atomic E-state index is 13.9. The van der Waals surface area contributed by atoms with Gasteiger partial charge < -0.3 is 18.9 Å². The molecule has 2 bridgehead atoms. The van der Waals surface area contributed by atoms with Crippen LogP contribution >= 0.6 is 46.1 Å². The normalized spacial score (nSPS) is 20.6. The number of aromatic nitrogens is 1. The topological polar surface area (TPSA) is 88.4 Å². The first kappa shape index (κ1) is 28.6. The Kier molecular flexibility index (Phi) is 7.47. The Labute approximate surface area is 259 Å². The molecular formula is C30H23Cl3N2O6S. The first-order chi connectivity index (χ1) is 20.1. The summed E-state index contributed by atoms with van der Waals surface area (Å²) in [6.07, 6.45) is 1.77. The van der Waals surface area contributed by atoms with E-state index in [0.717, 1.165) is 11.1 Å². The zero-order valence-electron chi connectivity index (χ0n) is 22.5. The maximum Gasteiger partial charge on any atom is 0.317 e. The van der Waals surface area contributed by atoms with Crippen LogP contribution in [0.15, 0.2) is 64.4 Å². The fourth-order valence-corrected chi connectivity index (χ4v) is 7.43. The number of esters is 1. The molecule has 0 unspecified atom stereocenters. The summed E-state index contributed by atoms with van der Waals surface area (Å²) in [7, 11) is 2.88. The van der Waals surface area contributed by atoms with E-state index in [4.69, 9.17) is 58.7 Å². The molecule has 4 aromatic rings. The highest BCUT2D eigenvalue weighted by atomic mass is 35.5. The van der Waals surface area contributed by atoms with Crippen LogP contribution in [-0.2, 0) is 16.1 Å². The van der Waals surface area contributed by atoms with Crippen LogP contribution in [0, 0.1) is 5.92 Å². The third-order valence-electron chi connectivity index (χ3n) is 7.27. The number of halogens is 3. The van der Waals surface area contributed by atoms with Crippen LogP contribution in [-0.4, -0.2) is 30.5 Å². The van der Waals surface area contributed by atoms with Gasteiger partial charge in [0.15, 0.2) is 10.6 Å². The fraction of sp³-hybridized carbons (Fsp3) is 0.233. The molecule has 0 radical (unpaired) electrons. The minimum atomic E-state index is -1.24. The van der Waals surface area contributed by atoms with Crippen LogP contribution in [0.3, 0.4) is 0 Å². The van der Waals surface area contributed by atoms with Gasteiger partial charge in [-0.15, -0.1) is 0 Å². The van der Waals surface area contributed by atoms with E-state index in [9.17, 15) is 9.59 Å². The third kappa shape index (κ3) is 4.84. The molecule has 42 heavy (non-hydrogen) atoms. The summed E-state index contributed by atoms with van der Waals surface area (Å²) >= 11 is 19.8. The van der Waals surface area contributed by atoms with Gasteiger partial charge in [0.2, 0.25) is 5.72 Å². The van der Waals surface area contributed by atoms with Crippen molar-refractivity contribution in [2.45, 2.75) is 25.3 Å². The fourth-order valence-electron chi connectivity index (χ4n) is 5.40. The van der Waals surface area contributed by atoms with E-state index in [1.165, 1.54) is 18.4 Å². The van der Waals surface area contributed by atoms with Crippen LogP contribution in [0.4, 0.5) is 0 Å². The summed E-state index contributed by atoms with van der Waals surface area (Å²) in [6, 6.07) is 15.3. The van der Waals surface area contributed by atoms with Gasteiger partial charge in [0.1, 0.15) is 24.0 Å². The lowest BCUT2D eigenvalue weighted by molar-refractivity contribution is -0.158. The molecule has 0 amide bonds. The Hall–Kier alpha value is -3.50. The van der Waals surface area contributed by atoms with Gasteiger partial charge in [-0.1, -0.05) is 70.4 Å². The molecule has 0 spiro atoms. The second-order valence-corrected chi connectivity index (χ2v) is 12.1. The highest BCUT2D eigenvalue weighted by Crippen LogP contribution is 2.47. The molecule has 0 fully saturated rings. The zero-order valence-corrected chi connectivity index (χ0v) is 25.6. The van der Waals surface area contributed by atoms with Gasteiger partial charge in [-0.05, 0) is 48.9 Å². The first-order valence-electron chi connectivity index (χ1n) is 12.8. The minimum absolute atomic E-state index is 0.0938. The molecule has 0 aliphatic carbocycles. The number of methoxy groups -OCH3 is 2. The van der Waals surface area contributed by atoms with E-state index in [1.807, 2.05) is 36.4 Å². The summed E-state index contributed by atoms with van der Waals surface area (Å²) in [4.78, 5) is 32.1. The smallest absolute Gasteiger partial charge is 0.317 e. The highest BCUT2D eigenvalue weighted by molar-refractivity contribution is 7.07. The number of hydrogen-bond donors (Lipinski definition) is 0. The van der Waals surface area contributed by atoms with Gasteiger partial charge in [-0.2, -0.15) is 0 Å². The van der Waals surface area contributed by atoms with Gasteiger partial charge in [-0.3, -0.25) is 14.2 Å². The van der Waals surface area contributed by atoms with Gasteiger partial charge in [-0.25, -0.2) is 4.99 Å². The molecule has 3 atom stereocenters. The summed E-state index contributed by atoms with van der Waals surface area (Å²) in [5.41, 5.74) is 0.640. The number of carbonyl (C=O) groups is 1. The van der Waals surface area contributed by atoms with Gasteiger partial charge >= 0.3 is 5.97 Å². The number of thiazole rings is 1. The van der Waals surface area contributed by atoms with E-state index in [-0.39, 0.29) is 22.2 Å². The van der Waals surface area contributed by atoms with Gasteiger partial charge in [0, 0.05) is 16.1 Å². The van der Waals surface area contributed by atoms with Crippen molar-refractivity contribution in [3.8, 4) is 17.2 Å². The van der Waals surface area contributed by atoms with Crippen molar-refractivity contribution in [3.63, 3.8) is 0 Å². The largest absolute Gasteiger partial charge is 0.496 e. The lowest BCUT2D eigenvalue weighted by atomic mass is 9.81. The Morgan fingerprint density at radius 1 is 1.12 bits per heavy atom. The zero-order chi connectivity index (χ0) is 29.8. The standard InChI is InChI=1S/C30H23Cl3N2O6S/c1-30-24(28(37)39-3)25(18-6-4-5-7-22(18)41-30)35-27(36)23(42-29(35)34-30)11-15-8-9-21(38-2)16(10-15)14-40-26-19(32)12-17(31)13-20(26)33/h4-13,24-25H,14H2,1-3H3/b23-11+/t24-,25+,30-/m0/s1. The molecule has 2 aliphatic rings. The van der Waals surface area contributed by atoms with Crippen molar-refractivity contribution in [1.29, 1.82) is 0 Å². The number of rotatable bonds is 6. The van der Waals surface area contributed by atoms with Gasteiger partial charge in [0.05, 0.1) is 34.8 Å². The van der Waals surface area contributed by atoms with Crippen LogP contribution in [0.2, 0.25) is 15.1 Å². The third-order valence-corrected chi connectivity index (χ3v) is 9.03. The molecule has 2 aliphatic heterocycles. The van der Waals surface area contributed by atoms with E-state index < -0.39 is 23.7 Å². The van der Waals surface area contributed by atoms with E-state index in [1.54, 1.807) is 42.9 Å². The molecule has 3 aromatic carbocycles. The number of fused-ring (bicyclic) bond motifs is 6. The van der Waals surface area contributed by atoms with Crippen LogP contribution in [0.5, 0.6) is 17.2 Å². The summed E-state index contributed by atoms with van der Waals surface area (Å²) in [5, 5.41) is 0.962. The van der Waals surface area contributed by atoms with Crippen LogP contribution in [0.25, 0.3) is 6.08 Å². The van der Waals surface area contributed by atoms with Crippen molar-refractivity contribution < 1.29 is 23.7 Å². The second-order valence-electron chi connectivity index (χ2n) is 9.88. The molecule has 0 N–H and O–H groups in total. The number of para-hydroxylation sites is 1. The molecule has 0 saturated heterocycles. The Bertz CT molecular complexity index is 1900. The predicted molar refractivity (Wildman–Crippen MR) is 161 cm³/mol. The lowest BCUT2D eigenvalue weighted by Crippen LogP contribution is -2.58. The van der Waals surface area contributed by atoms with Crippen LogP contribution < -0.4 is 29.1 Å². The molecular weight excluding hydrogens is 623 g/mol.